The molecule has 4 rings (SSSR count). The predicted octanol–water partition coefficient (Wildman–Crippen LogP) is 3.98. The van der Waals surface area contributed by atoms with Crippen molar-refractivity contribution in [3.05, 3.63) is 75.5 Å². The number of aryl methyl sites for hydroxylation is 1. The highest BCUT2D eigenvalue weighted by molar-refractivity contribution is 7.19. The van der Waals surface area contributed by atoms with E-state index in [1.807, 2.05) is 37.3 Å². The number of hydrogen-bond acceptors (Lipinski definition) is 5. The van der Waals surface area contributed by atoms with Crippen LogP contribution < -0.4 is 5.56 Å². The van der Waals surface area contributed by atoms with Gasteiger partial charge in [0.15, 0.2) is 5.76 Å². The summed E-state index contributed by atoms with van der Waals surface area (Å²) in [4.78, 5) is 33.7. The van der Waals surface area contributed by atoms with Crippen molar-refractivity contribution >= 4 is 27.3 Å². The number of furan rings is 1. The maximum atomic E-state index is 12.7. The molecular formula is C19H14N2O3S. The van der Waals surface area contributed by atoms with Crippen molar-refractivity contribution in [2.45, 2.75) is 13.3 Å². The zero-order valence-electron chi connectivity index (χ0n) is 13.4. The summed E-state index contributed by atoms with van der Waals surface area (Å²) in [5.41, 5.74) is 1.66. The number of fused-ring (bicyclic) bond motifs is 1. The van der Waals surface area contributed by atoms with Crippen LogP contribution in [0.4, 0.5) is 0 Å². The fraction of sp³-hybridized carbons (Fsp3) is 0.105. The van der Waals surface area contributed by atoms with Crippen molar-refractivity contribution in [2.24, 2.45) is 0 Å². The van der Waals surface area contributed by atoms with Gasteiger partial charge in [-0.15, -0.1) is 11.3 Å². The first-order chi connectivity index (χ1) is 12.1. The lowest BCUT2D eigenvalue weighted by molar-refractivity contribution is 0.0964. The van der Waals surface area contributed by atoms with Gasteiger partial charge < -0.3 is 9.40 Å². The first kappa shape index (κ1) is 15.5. The third-order valence-electron chi connectivity index (χ3n) is 3.97. The summed E-state index contributed by atoms with van der Waals surface area (Å²) in [6.45, 7) is 1.97. The topological polar surface area (TPSA) is 76.0 Å². The molecule has 0 bridgehead atoms. The van der Waals surface area contributed by atoms with Crippen LogP contribution in [0.3, 0.4) is 0 Å². The van der Waals surface area contributed by atoms with E-state index in [0.29, 0.717) is 16.0 Å². The molecule has 25 heavy (non-hydrogen) atoms. The largest absolute Gasteiger partial charge is 0.461 e. The van der Waals surface area contributed by atoms with Gasteiger partial charge in [0.2, 0.25) is 5.78 Å². The highest BCUT2D eigenvalue weighted by Crippen LogP contribution is 2.35. The van der Waals surface area contributed by atoms with Crippen molar-refractivity contribution < 1.29 is 9.21 Å². The van der Waals surface area contributed by atoms with Crippen LogP contribution in [0.2, 0.25) is 0 Å². The molecule has 124 valence electrons. The molecule has 0 aliphatic carbocycles. The van der Waals surface area contributed by atoms with Gasteiger partial charge in [0.25, 0.3) is 5.56 Å². The summed E-state index contributed by atoms with van der Waals surface area (Å²) in [5.74, 6) is 0.388. The minimum atomic E-state index is -0.226. The number of hydrogen-bond donors (Lipinski definition) is 1. The normalized spacial score (nSPS) is 11.1. The first-order valence-electron chi connectivity index (χ1n) is 7.78. The Labute approximate surface area is 147 Å². The van der Waals surface area contributed by atoms with Gasteiger partial charge in [-0.25, -0.2) is 4.98 Å². The summed E-state index contributed by atoms with van der Waals surface area (Å²) >= 11 is 1.46. The Kier molecular flexibility index (Phi) is 3.82. The van der Waals surface area contributed by atoms with Crippen LogP contribution in [-0.2, 0) is 6.42 Å². The van der Waals surface area contributed by atoms with Crippen LogP contribution in [0.5, 0.6) is 0 Å². The van der Waals surface area contributed by atoms with Crippen LogP contribution in [0, 0.1) is 6.92 Å². The number of aromatic nitrogens is 2. The summed E-state index contributed by atoms with van der Waals surface area (Å²) in [7, 11) is 0. The summed E-state index contributed by atoms with van der Waals surface area (Å²) < 4.78 is 5.10. The number of H-pyrrole nitrogens is 1. The summed E-state index contributed by atoms with van der Waals surface area (Å²) in [6.07, 6.45) is 1.44. The summed E-state index contributed by atoms with van der Waals surface area (Å²) in [6, 6.07) is 13.0. The molecule has 0 aliphatic heterocycles. The Hall–Kier alpha value is -2.99. The van der Waals surface area contributed by atoms with Crippen LogP contribution in [-0.4, -0.2) is 15.8 Å². The van der Waals surface area contributed by atoms with Gasteiger partial charge >= 0.3 is 0 Å². The monoisotopic (exact) mass is 350 g/mol. The van der Waals surface area contributed by atoms with E-state index >= 15 is 0 Å². The van der Waals surface area contributed by atoms with E-state index in [0.717, 1.165) is 16.0 Å². The van der Waals surface area contributed by atoms with Gasteiger partial charge in [0, 0.05) is 10.4 Å². The number of carbonyl (C=O) groups excluding carboxylic acids is 1. The Morgan fingerprint density at radius 1 is 1.20 bits per heavy atom. The predicted molar refractivity (Wildman–Crippen MR) is 97.2 cm³/mol. The SMILES string of the molecule is Cc1sc2nc(CC(=O)c3ccco3)[nH]c(=O)c2c1-c1ccccc1. The molecule has 0 saturated heterocycles. The third-order valence-corrected chi connectivity index (χ3v) is 4.97. The van der Waals surface area contributed by atoms with E-state index in [-0.39, 0.29) is 23.5 Å². The fourth-order valence-electron chi connectivity index (χ4n) is 2.88. The molecule has 3 heterocycles. The van der Waals surface area contributed by atoms with Crippen molar-refractivity contribution in [1.82, 2.24) is 9.97 Å². The van der Waals surface area contributed by atoms with Crippen molar-refractivity contribution in [3.63, 3.8) is 0 Å². The molecule has 0 unspecified atom stereocenters. The highest BCUT2D eigenvalue weighted by Gasteiger charge is 2.18. The quantitative estimate of drug-likeness (QED) is 0.565. The Morgan fingerprint density at radius 3 is 2.72 bits per heavy atom. The number of aromatic amines is 1. The lowest BCUT2D eigenvalue weighted by Gasteiger charge is -2.02. The molecule has 0 fully saturated rings. The standard InChI is InChI=1S/C19H14N2O3S/c1-11-16(12-6-3-2-4-7-12)17-18(23)20-15(21-19(17)25-11)10-13(22)14-8-5-9-24-14/h2-9H,10H2,1H3,(H,20,21,23). The van der Waals surface area contributed by atoms with E-state index in [1.165, 1.54) is 17.6 Å². The van der Waals surface area contributed by atoms with E-state index in [2.05, 4.69) is 9.97 Å². The second kappa shape index (κ2) is 6.14. The number of nitrogens with zero attached hydrogens (tertiary/aromatic N) is 1. The molecule has 0 atom stereocenters. The van der Waals surface area contributed by atoms with Crippen molar-refractivity contribution in [3.8, 4) is 11.1 Å². The first-order valence-corrected chi connectivity index (χ1v) is 8.59. The zero-order chi connectivity index (χ0) is 17.4. The van der Waals surface area contributed by atoms with Crippen molar-refractivity contribution in [1.29, 1.82) is 0 Å². The van der Waals surface area contributed by atoms with Crippen LogP contribution in [0.1, 0.15) is 21.3 Å². The van der Waals surface area contributed by atoms with E-state index in [4.69, 9.17) is 4.42 Å². The van der Waals surface area contributed by atoms with Gasteiger partial charge in [0.05, 0.1) is 18.1 Å². The van der Waals surface area contributed by atoms with Crippen LogP contribution in [0.15, 0.2) is 57.9 Å². The van der Waals surface area contributed by atoms with E-state index in [9.17, 15) is 9.59 Å². The molecule has 0 aliphatic rings. The number of rotatable bonds is 4. The molecule has 4 aromatic rings. The zero-order valence-corrected chi connectivity index (χ0v) is 14.2. The highest BCUT2D eigenvalue weighted by atomic mass is 32.1. The second-order valence-corrected chi connectivity index (χ2v) is 6.87. The molecule has 0 amide bonds. The maximum absolute atomic E-state index is 12.7. The Balaban J connectivity index is 1.79. The molecular weight excluding hydrogens is 336 g/mol. The van der Waals surface area contributed by atoms with Gasteiger partial charge in [-0.05, 0) is 24.6 Å². The molecule has 1 N–H and O–H groups in total. The number of nitrogens with one attached hydrogen (secondary N) is 1. The molecule has 5 nitrogen and oxygen atoms in total. The average Bonchev–Trinajstić information content (AvgIpc) is 3.23. The number of Topliss-reactive ketones (excluding diaryl/α,β-unsaturated/α-hetero) is 1. The number of benzene rings is 1. The molecule has 0 radical (unpaired) electrons. The molecule has 0 spiro atoms. The van der Waals surface area contributed by atoms with Crippen LogP contribution >= 0.6 is 11.3 Å². The van der Waals surface area contributed by atoms with Crippen molar-refractivity contribution in [2.75, 3.05) is 0 Å². The molecule has 6 heteroatoms. The smallest absolute Gasteiger partial charge is 0.260 e. The number of ketones is 1. The molecule has 0 saturated carbocycles. The lowest BCUT2D eigenvalue weighted by Crippen LogP contribution is -2.14. The van der Waals surface area contributed by atoms with E-state index < -0.39 is 0 Å². The molecule has 1 aromatic carbocycles. The average molecular weight is 350 g/mol. The fourth-order valence-corrected chi connectivity index (χ4v) is 3.94. The lowest BCUT2D eigenvalue weighted by atomic mass is 10.0. The number of thiophene rings is 1. The maximum Gasteiger partial charge on any atom is 0.260 e. The minimum Gasteiger partial charge on any atom is -0.461 e. The van der Waals surface area contributed by atoms with E-state index in [1.54, 1.807) is 12.1 Å². The van der Waals surface area contributed by atoms with Gasteiger partial charge in [-0.1, -0.05) is 30.3 Å². The van der Waals surface area contributed by atoms with Gasteiger partial charge in [0.1, 0.15) is 10.7 Å². The van der Waals surface area contributed by atoms with Crippen LogP contribution in [0.25, 0.3) is 21.3 Å². The van der Waals surface area contributed by atoms with Gasteiger partial charge in [-0.2, -0.15) is 0 Å². The Morgan fingerprint density at radius 2 is 2.00 bits per heavy atom. The molecule has 3 aromatic heterocycles. The summed E-state index contributed by atoms with van der Waals surface area (Å²) in [5, 5.41) is 0.572. The number of carbonyl (C=O) groups is 1. The van der Waals surface area contributed by atoms with Gasteiger partial charge in [-0.3, -0.25) is 9.59 Å². The second-order valence-electron chi connectivity index (χ2n) is 5.67. The minimum absolute atomic E-state index is 0.00366. The third kappa shape index (κ3) is 2.81. The Bertz CT molecular complexity index is 1110.